The molecule has 0 atom stereocenters. The average molecular weight is 154 g/mol. The number of rotatable bonds is 1. The highest BCUT2D eigenvalue weighted by Gasteiger charge is 2.13. The largest absolute Gasteiger partial charge is 0.382 e. The predicted octanol–water partition coefficient (Wildman–Crippen LogP) is -0.340. The number of carbonyl (C=O) groups is 1. The number of nitrogens with one attached hydrogen (secondary N) is 2. The summed E-state index contributed by atoms with van der Waals surface area (Å²) in [6, 6.07) is 0. The van der Waals surface area contributed by atoms with Crippen molar-refractivity contribution in [3.05, 3.63) is 11.3 Å². The Labute approximate surface area is 64.0 Å². The lowest BCUT2D eigenvalue weighted by atomic mass is 10.2. The molecule has 0 saturated heterocycles. The maximum atomic E-state index is 11.1. The molecule has 0 aliphatic carbocycles. The van der Waals surface area contributed by atoms with E-state index in [1.54, 1.807) is 14.0 Å². The number of amides is 1. The zero-order chi connectivity index (χ0) is 8.43. The zero-order valence-corrected chi connectivity index (χ0v) is 6.43. The Morgan fingerprint density at radius 3 is 2.73 bits per heavy atom. The van der Waals surface area contributed by atoms with E-state index < -0.39 is 0 Å². The third-order valence-electron chi connectivity index (χ3n) is 1.43. The third kappa shape index (κ3) is 1.17. The second-order valence-electron chi connectivity index (χ2n) is 2.19. The molecule has 0 unspecified atom stereocenters. The fourth-order valence-corrected chi connectivity index (χ4v) is 0.860. The molecule has 0 aromatic carbocycles. The topological polar surface area (TPSA) is 83.8 Å². The predicted molar refractivity (Wildman–Crippen MR) is 41.1 cm³/mol. The van der Waals surface area contributed by atoms with Crippen LogP contribution in [0.5, 0.6) is 0 Å². The Kier molecular flexibility index (Phi) is 1.80. The minimum atomic E-state index is -0.214. The molecule has 0 fully saturated rings. The van der Waals surface area contributed by atoms with E-state index in [-0.39, 0.29) is 11.7 Å². The van der Waals surface area contributed by atoms with Gasteiger partial charge in [-0.15, -0.1) is 0 Å². The summed E-state index contributed by atoms with van der Waals surface area (Å²) in [6.45, 7) is 1.74. The van der Waals surface area contributed by atoms with Crippen LogP contribution in [0, 0.1) is 6.92 Å². The van der Waals surface area contributed by atoms with Gasteiger partial charge in [0, 0.05) is 12.7 Å². The fourth-order valence-electron chi connectivity index (χ4n) is 0.860. The normalized spacial score (nSPS) is 9.64. The van der Waals surface area contributed by atoms with E-state index in [4.69, 9.17) is 5.73 Å². The van der Waals surface area contributed by atoms with Crippen molar-refractivity contribution in [2.45, 2.75) is 6.92 Å². The van der Waals surface area contributed by atoms with Gasteiger partial charge in [-0.2, -0.15) is 5.10 Å². The lowest BCUT2D eigenvalue weighted by Gasteiger charge is -1.96. The molecule has 5 nitrogen and oxygen atoms in total. The zero-order valence-electron chi connectivity index (χ0n) is 6.43. The smallest absolute Gasteiger partial charge is 0.256 e. The molecule has 1 amide bonds. The lowest BCUT2D eigenvalue weighted by molar-refractivity contribution is 0.0963. The van der Waals surface area contributed by atoms with Crippen LogP contribution in [-0.4, -0.2) is 23.2 Å². The van der Waals surface area contributed by atoms with Crippen LogP contribution in [0.3, 0.4) is 0 Å². The minimum absolute atomic E-state index is 0.214. The summed E-state index contributed by atoms with van der Waals surface area (Å²) >= 11 is 0. The van der Waals surface area contributed by atoms with Crippen LogP contribution >= 0.6 is 0 Å². The summed E-state index contributed by atoms with van der Waals surface area (Å²) < 4.78 is 0. The molecule has 1 aromatic rings. The van der Waals surface area contributed by atoms with Gasteiger partial charge in [-0.05, 0) is 6.92 Å². The molecule has 0 bridgehead atoms. The van der Waals surface area contributed by atoms with Crippen LogP contribution in [-0.2, 0) is 0 Å². The number of aryl methyl sites for hydroxylation is 1. The van der Waals surface area contributed by atoms with E-state index in [0.717, 1.165) is 0 Å². The number of H-pyrrole nitrogens is 1. The second kappa shape index (κ2) is 2.61. The maximum Gasteiger partial charge on any atom is 0.256 e. The van der Waals surface area contributed by atoms with Gasteiger partial charge < -0.3 is 11.1 Å². The van der Waals surface area contributed by atoms with Gasteiger partial charge in [-0.1, -0.05) is 0 Å². The molecular weight excluding hydrogens is 144 g/mol. The maximum absolute atomic E-state index is 11.1. The Morgan fingerprint density at radius 2 is 2.36 bits per heavy atom. The average Bonchev–Trinajstić information content (AvgIpc) is 2.30. The Bertz CT molecular complexity index is 259. The van der Waals surface area contributed by atoms with E-state index in [2.05, 4.69) is 15.5 Å². The molecule has 60 valence electrons. The number of hydrogen-bond acceptors (Lipinski definition) is 3. The van der Waals surface area contributed by atoms with E-state index >= 15 is 0 Å². The molecule has 11 heavy (non-hydrogen) atoms. The summed E-state index contributed by atoms with van der Waals surface area (Å²) in [4.78, 5) is 11.1. The van der Waals surface area contributed by atoms with Crippen molar-refractivity contribution in [1.82, 2.24) is 15.5 Å². The van der Waals surface area contributed by atoms with E-state index in [9.17, 15) is 4.79 Å². The van der Waals surface area contributed by atoms with E-state index in [0.29, 0.717) is 11.3 Å². The molecule has 0 radical (unpaired) electrons. The van der Waals surface area contributed by atoms with Gasteiger partial charge in [0.25, 0.3) is 5.91 Å². The Morgan fingerprint density at radius 1 is 1.73 bits per heavy atom. The standard InChI is InChI=1S/C6H10N4O/c1-3-4(6(11)8-2)5(7)10-9-3/h1-2H3,(H,8,11)(H3,7,9,10). The summed E-state index contributed by atoms with van der Waals surface area (Å²) in [7, 11) is 1.55. The molecule has 0 spiro atoms. The molecule has 0 aliphatic heterocycles. The van der Waals surface area contributed by atoms with Gasteiger partial charge in [0.15, 0.2) is 5.82 Å². The molecule has 0 saturated carbocycles. The third-order valence-corrected chi connectivity index (χ3v) is 1.43. The number of nitrogens with two attached hydrogens (primary N) is 1. The van der Waals surface area contributed by atoms with Crippen molar-refractivity contribution in [2.75, 3.05) is 12.8 Å². The first-order valence-corrected chi connectivity index (χ1v) is 3.19. The molecular formula is C6H10N4O. The van der Waals surface area contributed by atoms with Gasteiger partial charge in [0.2, 0.25) is 0 Å². The van der Waals surface area contributed by atoms with Gasteiger partial charge in [-0.3, -0.25) is 9.89 Å². The first-order valence-electron chi connectivity index (χ1n) is 3.19. The number of hydrogen-bond donors (Lipinski definition) is 3. The van der Waals surface area contributed by atoms with Crippen molar-refractivity contribution < 1.29 is 4.79 Å². The van der Waals surface area contributed by atoms with Crippen LogP contribution in [0.15, 0.2) is 0 Å². The van der Waals surface area contributed by atoms with Crippen LogP contribution in [0.25, 0.3) is 0 Å². The SMILES string of the molecule is CNC(=O)c1c(N)n[nH]c1C. The van der Waals surface area contributed by atoms with Crippen molar-refractivity contribution in [3.63, 3.8) is 0 Å². The molecule has 1 rings (SSSR count). The summed E-state index contributed by atoms with van der Waals surface area (Å²) in [5.41, 5.74) is 6.52. The van der Waals surface area contributed by atoms with Crippen molar-refractivity contribution in [3.8, 4) is 0 Å². The quantitative estimate of drug-likeness (QED) is 0.517. The van der Waals surface area contributed by atoms with Crippen LogP contribution < -0.4 is 11.1 Å². The fraction of sp³-hybridized carbons (Fsp3) is 0.333. The highest BCUT2D eigenvalue weighted by atomic mass is 16.1. The Balaban J connectivity index is 3.10. The van der Waals surface area contributed by atoms with E-state index in [1.165, 1.54) is 0 Å². The van der Waals surface area contributed by atoms with E-state index in [1.807, 2.05) is 0 Å². The first-order chi connectivity index (χ1) is 5.16. The molecule has 1 heterocycles. The minimum Gasteiger partial charge on any atom is -0.382 e. The van der Waals surface area contributed by atoms with Crippen molar-refractivity contribution >= 4 is 11.7 Å². The first kappa shape index (κ1) is 7.59. The monoisotopic (exact) mass is 154 g/mol. The molecule has 4 N–H and O–H groups in total. The van der Waals surface area contributed by atoms with Crippen LogP contribution in [0.1, 0.15) is 16.1 Å². The van der Waals surface area contributed by atoms with Gasteiger partial charge >= 0.3 is 0 Å². The number of anilines is 1. The lowest BCUT2D eigenvalue weighted by Crippen LogP contribution is -2.19. The highest BCUT2D eigenvalue weighted by molar-refractivity contribution is 5.99. The number of nitrogens with zero attached hydrogens (tertiary/aromatic N) is 1. The molecule has 1 aromatic heterocycles. The Hall–Kier alpha value is -1.52. The van der Waals surface area contributed by atoms with Crippen molar-refractivity contribution in [1.29, 1.82) is 0 Å². The highest BCUT2D eigenvalue weighted by Crippen LogP contribution is 2.10. The summed E-state index contributed by atoms with van der Waals surface area (Å²) in [5, 5.41) is 8.76. The number of nitrogen functional groups attached to an aromatic ring is 1. The summed E-state index contributed by atoms with van der Waals surface area (Å²) in [5.74, 6) is 0.0237. The number of aromatic nitrogens is 2. The van der Waals surface area contributed by atoms with Gasteiger partial charge in [0.05, 0.1) is 0 Å². The molecule has 0 aliphatic rings. The van der Waals surface area contributed by atoms with Crippen LogP contribution in [0.2, 0.25) is 0 Å². The number of carbonyl (C=O) groups excluding carboxylic acids is 1. The number of aromatic amines is 1. The van der Waals surface area contributed by atoms with Crippen molar-refractivity contribution in [2.24, 2.45) is 0 Å². The van der Waals surface area contributed by atoms with Gasteiger partial charge in [0.1, 0.15) is 5.56 Å². The van der Waals surface area contributed by atoms with Crippen LogP contribution in [0.4, 0.5) is 5.82 Å². The summed E-state index contributed by atoms with van der Waals surface area (Å²) in [6.07, 6.45) is 0. The van der Waals surface area contributed by atoms with Gasteiger partial charge in [-0.25, -0.2) is 0 Å². The molecule has 5 heteroatoms. The second-order valence-corrected chi connectivity index (χ2v) is 2.19.